The minimum absolute atomic E-state index is 0.338. The number of nitrogens with zero attached hydrogens (tertiary/aromatic N) is 3. The largest absolute Gasteiger partial charge is 0.433 e. The third-order valence-electron chi connectivity index (χ3n) is 3.95. The Labute approximate surface area is 146 Å². The molecule has 0 bridgehead atoms. The number of aromatic nitrogens is 2. The highest BCUT2D eigenvalue weighted by Gasteiger charge is 2.36. The lowest BCUT2D eigenvalue weighted by atomic mass is 10.1. The van der Waals surface area contributed by atoms with Crippen LogP contribution in [-0.2, 0) is 6.18 Å². The van der Waals surface area contributed by atoms with E-state index in [2.05, 4.69) is 10.4 Å². The number of likely N-dealkylation sites (N-methyl/N-ethyl adjacent to an activating group) is 1. The lowest BCUT2D eigenvalue weighted by Crippen LogP contribution is -2.16. The van der Waals surface area contributed by atoms with Crippen LogP contribution in [0.25, 0.3) is 11.3 Å². The molecule has 0 saturated heterocycles. The number of rotatable bonds is 5. The van der Waals surface area contributed by atoms with Crippen LogP contribution >= 0.6 is 0 Å². The molecule has 1 aromatic rings. The number of allylic oxidation sites excluding steroid dienone is 6. The van der Waals surface area contributed by atoms with Gasteiger partial charge in [0.1, 0.15) is 5.69 Å². The van der Waals surface area contributed by atoms with E-state index in [0.29, 0.717) is 17.9 Å². The summed E-state index contributed by atoms with van der Waals surface area (Å²) in [7, 11) is 3.65. The molecule has 0 radical (unpaired) electrons. The smallest absolute Gasteiger partial charge is 0.391 e. The second kappa shape index (κ2) is 7.63. The normalized spacial score (nSPS) is 16.3. The van der Waals surface area contributed by atoms with Gasteiger partial charge in [0.25, 0.3) is 0 Å². The van der Waals surface area contributed by atoms with Crippen molar-refractivity contribution in [2.75, 3.05) is 20.6 Å². The summed E-state index contributed by atoms with van der Waals surface area (Å²) in [6.45, 7) is 4.11. The van der Waals surface area contributed by atoms with Crippen LogP contribution < -0.4 is 5.32 Å². The van der Waals surface area contributed by atoms with Gasteiger partial charge in [0.15, 0.2) is 0 Å². The van der Waals surface area contributed by atoms with Gasteiger partial charge >= 0.3 is 6.18 Å². The van der Waals surface area contributed by atoms with Crippen molar-refractivity contribution in [3.05, 3.63) is 53.7 Å². The van der Waals surface area contributed by atoms with Gasteiger partial charge in [-0.25, -0.2) is 4.68 Å². The first-order valence-electron chi connectivity index (χ1n) is 8.07. The van der Waals surface area contributed by atoms with E-state index in [9.17, 15) is 13.2 Å². The molecule has 0 saturated carbocycles. The molecular weight excluding hydrogens is 329 g/mol. The number of hydrogen-bond acceptors (Lipinski definition) is 3. The van der Waals surface area contributed by atoms with E-state index in [4.69, 9.17) is 0 Å². The summed E-state index contributed by atoms with van der Waals surface area (Å²) in [4.78, 5) is 1.90. The molecule has 0 fully saturated rings. The number of hydrogen-bond donors (Lipinski definition) is 1. The van der Waals surface area contributed by atoms with E-state index in [1.54, 1.807) is 38.3 Å². The van der Waals surface area contributed by atoms with Crippen molar-refractivity contribution in [2.45, 2.75) is 26.4 Å². The summed E-state index contributed by atoms with van der Waals surface area (Å²) in [5.74, 6) is 0. The molecule has 1 aliphatic heterocycles. The van der Waals surface area contributed by atoms with E-state index >= 15 is 0 Å². The number of alkyl halides is 3. The Morgan fingerprint density at radius 3 is 2.64 bits per heavy atom. The monoisotopic (exact) mass is 352 g/mol. The molecule has 1 N–H and O–H groups in total. The Hall–Kier alpha value is -2.44. The van der Waals surface area contributed by atoms with Crippen molar-refractivity contribution in [3.63, 3.8) is 0 Å². The van der Waals surface area contributed by atoms with Crippen molar-refractivity contribution in [3.8, 4) is 0 Å². The minimum atomic E-state index is -4.47. The molecule has 1 aromatic heterocycles. The van der Waals surface area contributed by atoms with Crippen LogP contribution in [0.3, 0.4) is 0 Å². The van der Waals surface area contributed by atoms with Gasteiger partial charge in [-0.05, 0) is 49.4 Å². The Balaban J connectivity index is 2.46. The van der Waals surface area contributed by atoms with Gasteiger partial charge in [-0.15, -0.1) is 0 Å². The van der Waals surface area contributed by atoms with Crippen LogP contribution in [0.1, 0.15) is 31.7 Å². The molecule has 1 aliphatic rings. The first-order valence-corrected chi connectivity index (χ1v) is 8.07. The fourth-order valence-corrected chi connectivity index (χ4v) is 2.53. The van der Waals surface area contributed by atoms with Crippen LogP contribution in [0.2, 0.25) is 0 Å². The second-order valence-electron chi connectivity index (χ2n) is 5.88. The summed E-state index contributed by atoms with van der Waals surface area (Å²) in [6, 6.07) is 1.11. The van der Waals surface area contributed by atoms with Crippen molar-refractivity contribution < 1.29 is 13.2 Å². The molecule has 25 heavy (non-hydrogen) atoms. The standard InChI is InChI=1S/C18H23F3N4/c1-5-15(22-3)9-8-13(2)25-17(18(19,20)21)11-16(23-25)14-7-6-10-24(4)12-14/h6-11,22H,5,12H2,1-4H3/b13-8+,15-9+. The molecule has 0 aliphatic carbocycles. The Kier molecular flexibility index (Phi) is 5.77. The van der Waals surface area contributed by atoms with Gasteiger partial charge in [-0.3, -0.25) is 0 Å². The minimum Gasteiger partial charge on any atom is -0.391 e. The summed E-state index contributed by atoms with van der Waals surface area (Å²) >= 11 is 0. The van der Waals surface area contributed by atoms with Crippen LogP contribution in [0.15, 0.2) is 42.3 Å². The van der Waals surface area contributed by atoms with Crippen molar-refractivity contribution in [2.24, 2.45) is 0 Å². The fourth-order valence-electron chi connectivity index (χ4n) is 2.53. The molecular formula is C18H23F3N4. The van der Waals surface area contributed by atoms with Gasteiger partial charge in [-0.2, -0.15) is 18.3 Å². The number of nitrogens with one attached hydrogen (secondary N) is 1. The molecule has 0 amide bonds. The summed E-state index contributed by atoms with van der Waals surface area (Å²) in [5.41, 5.74) is 1.65. The lowest BCUT2D eigenvalue weighted by Gasteiger charge is -2.18. The first kappa shape index (κ1) is 18.9. The maximum Gasteiger partial charge on any atom is 0.433 e. The maximum absolute atomic E-state index is 13.4. The Morgan fingerprint density at radius 2 is 2.08 bits per heavy atom. The van der Waals surface area contributed by atoms with Crippen LogP contribution in [0.4, 0.5) is 13.2 Å². The molecule has 4 nitrogen and oxygen atoms in total. The Morgan fingerprint density at radius 1 is 1.36 bits per heavy atom. The topological polar surface area (TPSA) is 33.1 Å². The third-order valence-corrected chi connectivity index (χ3v) is 3.95. The van der Waals surface area contributed by atoms with E-state index in [1.165, 1.54) is 0 Å². The molecule has 7 heteroatoms. The maximum atomic E-state index is 13.4. The van der Waals surface area contributed by atoms with Crippen LogP contribution in [0, 0.1) is 0 Å². The van der Waals surface area contributed by atoms with Gasteiger partial charge < -0.3 is 10.2 Å². The highest BCUT2D eigenvalue weighted by molar-refractivity contribution is 5.68. The molecule has 0 aromatic carbocycles. The highest BCUT2D eigenvalue weighted by atomic mass is 19.4. The van der Waals surface area contributed by atoms with E-state index < -0.39 is 11.9 Å². The molecule has 0 spiro atoms. The predicted octanol–water partition coefficient (Wildman–Crippen LogP) is 4.12. The summed E-state index contributed by atoms with van der Waals surface area (Å²) in [5, 5.41) is 7.22. The molecule has 0 unspecified atom stereocenters. The zero-order chi connectivity index (χ0) is 18.6. The average molecular weight is 352 g/mol. The fraction of sp³-hybridized carbons (Fsp3) is 0.389. The number of halogens is 3. The van der Waals surface area contributed by atoms with E-state index in [-0.39, 0.29) is 0 Å². The van der Waals surface area contributed by atoms with Gasteiger partial charge in [0.2, 0.25) is 0 Å². The van der Waals surface area contributed by atoms with Gasteiger partial charge in [0, 0.05) is 32.0 Å². The zero-order valence-electron chi connectivity index (χ0n) is 14.9. The third kappa shape index (κ3) is 4.55. The average Bonchev–Trinajstić information content (AvgIpc) is 3.01. The zero-order valence-corrected chi connectivity index (χ0v) is 14.9. The quantitative estimate of drug-likeness (QED) is 0.810. The van der Waals surface area contributed by atoms with Gasteiger partial charge in [0.05, 0.1) is 5.69 Å². The highest BCUT2D eigenvalue weighted by Crippen LogP contribution is 2.33. The molecule has 2 rings (SSSR count). The predicted molar refractivity (Wildman–Crippen MR) is 94.4 cm³/mol. The van der Waals surface area contributed by atoms with Crippen LogP contribution in [0.5, 0.6) is 0 Å². The van der Waals surface area contributed by atoms with Crippen molar-refractivity contribution in [1.29, 1.82) is 0 Å². The van der Waals surface area contributed by atoms with E-state index in [1.807, 2.05) is 25.1 Å². The van der Waals surface area contributed by atoms with Crippen LogP contribution in [-0.4, -0.2) is 35.3 Å². The van der Waals surface area contributed by atoms with Crippen molar-refractivity contribution in [1.82, 2.24) is 20.0 Å². The Bertz CT molecular complexity index is 730. The molecule has 0 atom stereocenters. The molecule has 2 heterocycles. The SMILES string of the molecule is CC/C(=C\C=C(/C)n1nc(C2=CC=CN(C)C2)cc1C(F)(F)F)NC. The van der Waals surface area contributed by atoms with E-state index in [0.717, 1.165) is 28.4 Å². The lowest BCUT2D eigenvalue weighted by molar-refractivity contribution is -0.142. The second-order valence-corrected chi connectivity index (χ2v) is 5.88. The first-order chi connectivity index (χ1) is 11.8. The van der Waals surface area contributed by atoms with Crippen molar-refractivity contribution >= 4 is 11.3 Å². The molecule has 136 valence electrons. The van der Waals surface area contributed by atoms with Gasteiger partial charge in [-0.1, -0.05) is 13.0 Å². The summed E-state index contributed by atoms with van der Waals surface area (Å²) in [6.07, 6.45) is 5.17. The summed E-state index contributed by atoms with van der Waals surface area (Å²) < 4.78 is 41.3.